The van der Waals surface area contributed by atoms with Gasteiger partial charge in [0.2, 0.25) is 0 Å². The fourth-order valence-corrected chi connectivity index (χ4v) is 6.28. The van der Waals surface area contributed by atoms with Crippen molar-refractivity contribution in [2.75, 3.05) is 13.2 Å². The Morgan fingerprint density at radius 2 is 1.53 bits per heavy atom. The van der Waals surface area contributed by atoms with Crippen molar-refractivity contribution in [1.82, 2.24) is 4.57 Å². The largest absolute Gasteiger partial charge is 0.490 e. The van der Waals surface area contributed by atoms with Crippen LogP contribution in [0.1, 0.15) is 42.1 Å². The number of aromatic nitrogens is 1. The fraction of sp³-hybridized carbons (Fsp3) is 0.162. The molecule has 0 aliphatic carbocycles. The minimum atomic E-state index is -0.716. The Bertz CT molecular complexity index is 2020. The molecular formula is C37H32N2O5S. The van der Waals surface area contributed by atoms with E-state index in [4.69, 9.17) is 19.2 Å². The molecule has 5 aromatic rings. The van der Waals surface area contributed by atoms with Gasteiger partial charge < -0.3 is 14.2 Å². The summed E-state index contributed by atoms with van der Waals surface area (Å²) in [6.45, 7) is 4.75. The van der Waals surface area contributed by atoms with Crippen molar-refractivity contribution in [3.8, 4) is 11.5 Å². The third kappa shape index (κ3) is 6.37. The molecule has 1 aromatic heterocycles. The van der Waals surface area contributed by atoms with Crippen molar-refractivity contribution in [3.05, 3.63) is 157 Å². The van der Waals surface area contributed by atoms with Crippen LogP contribution in [0.5, 0.6) is 11.5 Å². The second-order valence-corrected chi connectivity index (χ2v) is 11.3. The van der Waals surface area contributed by atoms with Gasteiger partial charge in [-0.15, -0.1) is 0 Å². The number of thiazole rings is 1. The van der Waals surface area contributed by atoms with Gasteiger partial charge in [0.05, 0.1) is 35.1 Å². The molecule has 0 saturated heterocycles. The molecule has 1 aliphatic heterocycles. The number of esters is 1. The first-order chi connectivity index (χ1) is 22.1. The number of ether oxygens (including phenoxy) is 3. The van der Waals surface area contributed by atoms with E-state index in [9.17, 15) is 9.59 Å². The van der Waals surface area contributed by atoms with Gasteiger partial charge >= 0.3 is 5.97 Å². The molecule has 6 rings (SSSR count). The lowest BCUT2D eigenvalue weighted by Gasteiger charge is -2.25. The lowest BCUT2D eigenvalue weighted by molar-refractivity contribution is -0.138. The van der Waals surface area contributed by atoms with E-state index in [1.165, 1.54) is 11.3 Å². The van der Waals surface area contributed by atoms with Gasteiger partial charge in [-0.25, -0.2) is 9.79 Å². The highest BCUT2D eigenvalue weighted by Crippen LogP contribution is 2.35. The zero-order chi connectivity index (χ0) is 31.2. The van der Waals surface area contributed by atoms with Gasteiger partial charge in [0.15, 0.2) is 16.3 Å². The Hall–Kier alpha value is -5.21. The second-order valence-electron chi connectivity index (χ2n) is 10.3. The Balaban J connectivity index is 1.47. The van der Waals surface area contributed by atoms with Gasteiger partial charge in [-0.2, -0.15) is 0 Å². The molecule has 2 heterocycles. The number of benzene rings is 4. The van der Waals surface area contributed by atoms with Crippen LogP contribution in [0, 0.1) is 0 Å². The van der Waals surface area contributed by atoms with Crippen LogP contribution in [-0.4, -0.2) is 23.8 Å². The predicted octanol–water partition coefficient (Wildman–Crippen LogP) is 5.91. The standard InChI is InChI=1S/C37H32N2O5S/c1-3-42-30-22-26(20-21-29(30)44-24-25-14-8-5-9-15-25)23-31-35(40)39-34(28-18-12-7-13-19-28)32(36(41)43-4-2)33(38-37(39)45-31)27-16-10-6-11-17-27/h5-23,34H,3-4,24H2,1-2H3/b31-23-/t34-/m0/s1. The first-order valence-corrected chi connectivity index (χ1v) is 15.7. The van der Waals surface area contributed by atoms with Gasteiger partial charge in [-0.05, 0) is 48.7 Å². The minimum absolute atomic E-state index is 0.198. The highest BCUT2D eigenvalue weighted by atomic mass is 32.1. The zero-order valence-electron chi connectivity index (χ0n) is 25.0. The summed E-state index contributed by atoms with van der Waals surface area (Å²) in [6.07, 6.45) is 1.83. The molecule has 0 spiro atoms. The molecule has 0 N–H and O–H groups in total. The number of carbonyl (C=O) groups is 1. The molecule has 0 unspecified atom stereocenters. The monoisotopic (exact) mass is 616 g/mol. The minimum Gasteiger partial charge on any atom is -0.490 e. The van der Waals surface area contributed by atoms with Crippen LogP contribution in [-0.2, 0) is 16.1 Å². The number of hydrogen-bond acceptors (Lipinski definition) is 7. The van der Waals surface area contributed by atoms with Crippen LogP contribution in [0.2, 0.25) is 0 Å². The summed E-state index contributed by atoms with van der Waals surface area (Å²) in [4.78, 5) is 33.1. The Morgan fingerprint density at radius 1 is 0.844 bits per heavy atom. The molecule has 0 amide bonds. The Labute approximate surface area is 265 Å². The van der Waals surface area contributed by atoms with Crippen LogP contribution < -0.4 is 24.4 Å². The van der Waals surface area contributed by atoms with E-state index < -0.39 is 12.0 Å². The fourth-order valence-electron chi connectivity index (χ4n) is 5.28. The maximum atomic E-state index is 14.2. The SMILES string of the molecule is CCOC(=O)C1=C(c2ccccc2)N=c2s/c(=C\c3ccc(OCc4ccccc4)c(OCC)c3)c(=O)n2[C@H]1c1ccccc1. The molecule has 8 heteroatoms. The van der Waals surface area contributed by atoms with Crippen molar-refractivity contribution >= 4 is 29.1 Å². The smallest absolute Gasteiger partial charge is 0.338 e. The Morgan fingerprint density at radius 3 is 2.22 bits per heavy atom. The molecule has 226 valence electrons. The number of rotatable bonds is 10. The normalized spacial score (nSPS) is 14.4. The maximum Gasteiger partial charge on any atom is 0.338 e. The van der Waals surface area contributed by atoms with Crippen molar-refractivity contribution in [2.45, 2.75) is 26.5 Å². The molecule has 7 nitrogen and oxygen atoms in total. The lowest BCUT2D eigenvalue weighted by atomic mass is 9.93. The van der Waals surface area contributed by atoms with Crippen molar-refractivity contribution < 1.29 is 19.0 Å². The summed E-state index contributed by atoms with van der Waals surface area (Å²) in [6, 6.07) is 33.9. The number of fused-ring (bicyclic) bond motifs is 1. The molecule has 45 heavy (non-hydrogen) atoms. The third-order valence-electron chi connectivity index (χ3n) is 7.29. The van der Waals surface area contributed by atoms with E-state index in [2.05, 4.69) is 0 Å². The van der Waals surface area contributed by atoms with Gasteiger partial charge in [-0.3, -0.25) is 9.36 Å². The van der Waals surface area contributed by atoms with Crippen LogP contribution in [0.15, 0.2) is 125 Å². The van der Waals surface area contributed by atoms with Crippen molar-refractivity contribution in [3.63, 3.8) is 0 Å². The topological polar surface area (TPSA) is 79.1 Å². The molecular weight excluding hydrogens is 584 g/mol. The van der Waals surface area contributed by atoms with Crippen LogP contribution in [0.4, 0.5) is 0 Å². The molecule has 1 aliphatic rings. The highest BCUT2D eigenvalue weighted by molar-refractivity contribution is 7.07. The van der Waals surface area contributed by atoms with Gasteiger partial charge in [-0.1, -0.05) is 108 Å². The van der Waals surface area contributed by atoms with E-state index in [-0.39, 0.29) is 12.2 Å². The number of carbonyl (C=O) groups excluding carboxylic acids is 1. The molecule has 0 radical (unpaired) electrons. The van der Waals surface area contributed by atoms with Crippen LogP contribution >= 0.6 is 11.3 Å². The summed E-state index contributed by atoms with van der Waals surface area (Å²) < 4.78 is 19.6. The summed E-state index contributed by atoms with van der Waals surface area (Å²) in [5.74, 6) is 0.707. The molecule has 0 bridgehead atoms. The number of hydrogen-bond donors (Lipinski definition) is 0. The molecule has 1 atom stereocenters. The van der Waals surface area contributed by atoms with E-state index in [0.717, 1.165) is 22.3 Å². The average Bonchev–Trinajstić information content (AvgIpc) is 3.39. The van der Waals surface area contributed by atoms with Crippen molar-refractivity contribution in [1.29, 1.82) is 0 Å². The predicted molar refractivity (Wildman–Crippen MR) is 176 cm³/mol. The maximum absolute atomic E-state index is 14.2. The highest BCUT2D eigenvalue weighted by Gasteiger charge is 2.35. The molecule has 0 saturated carbocycles. The third-order valence-corrected chi connectivity index (χ3v) is 8.27. The second kappa shape index (κ2) is 13.6. The summed E-state index contributed by atoms with van der Waals surface area (Å²) in [5, 5.41) is 0. The lowest BCUT2D eigenvalue weighted by Crippen LogP contribution is -2.39. The van der Waals surface area contributed by atoms with Gasteiger partial charge in [0.25, 0.3) is 5.56 Å². The van der Waals surface area contributed by atoms with E-state index in [1.807, 2.05) is 122 Å². The molecule has 4 aromatic carbocycles. The van der Waals surface area contributed by atoms with E-state index in [0.29, 0.717) is 45.3 Å². The quantitative estimate of drug-likeness (QED) is 0.182. The number of nitrogens with zero attached hydrogens (tertiary/aromatic N) is 2. The van der Waals surface area contributed by atoms with Gasteiger partial charge in [0.1, 0.15) is 6.61 Å². The first-order valence-electron chi connectivity index (χ1n) is 14.8. The van der Waals surface area contributed by atoms with E-state index in [1.54, 1.807) is 11.5 Å². The molecule has 0 fully saturated rings. The van der Waals surface area contributed by atoms with Crippen LogP contribution in [0.3, 0.4) is 0 Å². The van der Waals surface area contributed by atoms with Crippen molar-refractivity contribution in [2.24, 2.45) is 4.99 Å². The van der Waals surface area contributed by atoms with Crippen LogP contribution in [0.25, 0.3) is 11.8 Å². The summed E-state index contributed by atoms with van der Waals surface area (Å²) >= 11 is 1.28. The summed E-state index contributed by atoms with van der Waals surface area (Å²) in [7, 11) is 0. The summed E-state index contributed by atoms with van der Waals surface area (Å²) in [5.41, 5.74) is 3.96. The van der Waals surface area contributed by atoms with E-state index >= 15 is 0 Å². The van der Waals surface area contributed by atoms with Gasteiger partial charge in [0, 0.05) is 5.56 Å². The first kappa shape index (κ1) is 29.8. The Kier molecular flexibility index (Phi) is 9.03. The zero-order valence-corrected chi connectivity index (χ0v) is 25.8. The average molecular weight is 617 g/mol.